The third-order valence-corrected chi connectivity index (χ3v) is 5.60. The fourth-order valence-corrected chi connectivity index (χ4v) is 4.91. The molecule has 3 nitrogen and oxygen atoms in total. The van der Waals surface area contributed by atoms with Crippen LogP contribution in [0.5, 0.6) is 0 Å². The number of rotatable bonds is 2. The van der Waals surface area contributed by atoms with Crippen molar-refractivity contribution in [3.63, 3.8) is 0 Å². The lowest BCUT2D eigenvalue weighted by Gasteiger charge is -2.51. The van der Waals surface area contributed by atoms with Gasteiger partial charge in [-0.25, -0.2) is 4.39 Å². The summed E-state index contributed by atoms with van der Waals surface area (Å²) in [5.74, 6) is -0.102. The van der Waals surface area contributed by atoms with Crippen molar-refractivity contribution >= 4 is 0 Å². The van der Waals surface area contributed by atoms with E-state index in [0.29, 0.717) is 12.6 Å². The summed E-state index contributed by atoms with van der Waals surface area (Å²) >= 11 is 0. The quantitative estimate of drug-likeness (QED) is 0.871. The molecule has 134 valence electrons. The molecule has 0 spiro atoms. The topological polar surface area (TPSA) is 35.5 Å². The summed E-state index contributed by atoms with van der Waals surface area (Å²) in [6.45, 7) is 10.8. The van der Waals surface area contributed by atoms with Crippen LogP contribution in [0.2, 0.25) is 0 Å². The van der Waals surface area contributed by atoms with Crippen LogP contribution in [0.1, 0.15) is 58.4 Å². The van der Waals surface area contributed by atoms with E-state index in [9.17, 15) is 9.50 Å². The van der Waals surface area contributed by atoms with Crippen LogP contribution in [0.25, 0.3) is 0 Å². The third-order valence-electron chi connectivity index (χ3n) is 5.60. The van der Waals surface area contributed by atoms with E-state index in [1.54, 1.807) is 0 Å². The van der Waals surface area contributed by atoms with Gasteiger partial charge in [0.25, 0.3) is 0 Å². The van der Waals surface area contributed by atoms with Gasteiger partial charge >= 0.3 is 0 Å². The molecule has 4 heteroatoms. The minimum atomic E-state index is -0.384. The van der Waals surface area contributed by atoms with Crippen molar-refractivity contribution in [1.29, 1.82) is 0 Å². The summed E-state index contributed by atoms with van der Waals surface area (Å²) in [5, 5.41) is 14.4. The highest BCUT2D eigenvalue weighted by Gasteiger charge is 2.42. The van der Waals surface area contributed by atoms with Gasteiger partial charge in [0.05, 0.1) is 6.10 Å². The minimum Gasteiger partial charge on any atom is -0.391 e. The van der Waals surface area contributed by atoms with Crippen LogP contribution in [0.15, 0.2) is 24.3 Å². The van der Waals surface area contributed by atoms with Crippen LogP contribution in [-0.4, -0.2) is 46.3 Å². The zero-order valence-corrected chi connectivity index (χ0v) is 15.3. The smallest absolute Gasteiger partial charge is 0.123 e. The first-order chi connectivity index (χ1) is 11.2. The molecular weight excluding hydrogens is 303 g/mol. The lowest BCUT2D eigenvalue weighted by atomic mass is 9.77. The van der Waals surface area contributed by atoms with E-state index < -0.39 is 0 Å². The number of benzene rings is 1. The Balaban J connectivity index is 1.68. The van der Waals surface area contributed by atoms with Gasteiger partial charge in [0.1, 0.15) is 5.82 Å². The molecule has 0 aliphatic carbocycles. The van der Waals surface area contributed by atoms with Crippen molar-refractivity contribution in [2.24, 2.45) is 0 Å². The molecule has 24 heavy (non-hydrogen) atoms. The van der Waals surface area contributed by atoms with Crippen molar-refractivity contribution in [3.8, 4) is 0 Å². The van der Waals surface area contributed by atoms with Crippen LogP contribution in [0.3, 0.4) is 0 Å². The molecule has 0 radical (unpaired) electrons. The normalized spacial score (nSPS) is 31.1. The number of nitrogens with zero attached hydrogens (tertiary/aromatic N) is 1. The van der Waals surface area contributed by atoms with E-state index in [-0.39, 0.29) is 28.9 Å². The van der Waals surface area contributed by atoms with Crippen LogP contribution in [0.4, 0.5) is 4.39 Å². The maximum Gasteiger partial charge on any atom is 0.123 e. The molecule has 2 aliphatic rings. The number of nitrogens with one attached hydrogen (secondary N) is 1. The molecule has 0 amide bonds. The second kappa shape index (κ2) is 6.40. The highest BCUT2D eigenvalue weighted by atomic mass is 19.1. The van der Waals surface area contributed by atoms with Crippen molar-refractivity contribution < 1.29 is 9.50 Å². The van der Waals surface area contributed by atoms with Gasteiger partial charge in [-0.05, 0) is 71.2 Å². The molecule has 2 heterocycles. The van der Waals surface area contributed by atoms with Gasteiger partial charge in [-0.1, -0.05) is 12.1 Å². The van der Waals surface area contributed by atoms with Crippen LogP contribution < -0.4 is 5.32 Å². The second-order valence-electron chi connectivity index (χ2n) is 8.96. The number of aliphatic hydroxyl groups excluding tert-OH is 1. The third kappa shape index (κ3) is 3.98. The molecule has 2 aliphatic heterocycles. The zero-order valence-electron chi connectivity index (χ0n) is 15.3. The van der Waals surface area contributed by atoms with Gasteiger partial charge in [0.2, 0.25) is 0 Å². The predicted molar refractivity (Wildman–Crippen MR) is 95.7 cm³/mol. The summed E-state index contributed by atoms with van der Waals surface area (Å²) in [7, 11) is 0. The molecular formula is C20H31FN2O. The maximum atomic E-state index is 13.1. The SMILES string of the molecule is CC1(C)CC(N2CC[C@H](c3ccc(F)cc3)[C@@H](O)C2)CC(C)(C)N1. The number of β-amino-alcohol motifs (C(OH)–C–C–N with tert-alkyl or cyclic N) is 1. The number of halogens is 1. The first kappa shape index (κ1) is 17.8. The maximum absolute atomic E-state index is 13.1. The average molecular weight is 334 g/mol. The first-order valence-corrected chi connectivity index (χ1v) is 9.12. The molecule has 2 atom stereocenters. The number of likely N-dealkylation sites (tertiary alicyclic amines) is 1. The molecule has 2 saturated heterocycles. The Labute approximate surface area is 145 Å². The van der Waals surface area contributed by atoms with E-state index in [2.05, 4.69) is 37.9 Å². The Kier molecular flexibility index (Phi) is 4.75. The van der Waals surface area contributed by atoms with Crippen molar-refractivity contribution in [3.05, 3.63) is 35.6 Å². The first-order valence-electron chi connectivity index (χ1n) is 9.12. The van der Waals surface area contributed by atoms with Crippen molar-refractivity contribution in [1.82, 2.24) is 10.2 Å². The number of aliphatic hydroxyl groups is 1. The van der Waals surface area contributed by atoms with Crippen LogP contribution in [0, 0.1) is 5.82 Å². The predicted octanol–water partition coefficient (Wildman–Crippen LogP) is 3.29. The van der Waals surface area contributed by atoms with Gasteiger partial charge in [0.15, 0.2) is 0 Å². The van der Waals surface area contributed by atoms with E-state index in [4.69, 9.17) is 0 Å². The molecule has 0 unspecified atom stereocenters. The Hall–Kier alpha value is -0.970. The molecule has 3 rings (SSSR count). The van der Waals surface area contributed by atoms with Crippen LogP contribution in [-0.2, 0) is 0 Å². The van der Waals surface area contributed by atoms with Crippen LogP contribution >= 0.6 is 0 Å². The standard InChI is InChI=1S/C20H31FN2O/c1-19(2)11-16(12-20(3,4)22-19)23-10-9-17(18(24)13-23)14-5-7-15(21)8-6-14/h5-8,16-18,22,24H,9-13H2,1-4H3/t17-,18+/m1/s1. The Bertz CT molecular complexity index is 554. The van der Waals surface area contributed by atoms with E-state index in [0.717, 1.165) is 31.4 Å². The number of piperidine rings is 2. The fraction of sp³-hybridized carbons (Fsp3) is 0.700. The Morgan fingerprint density at radius 2 is 1.67 bits per heavy atom. The average Bonchev–Trinajstić information content (AvgIpc) is 2.45. The molecule has 0 aromatic heterocycles. The molecule has 1 aromatic carbocycles. The molecule has 2 fully saturated rings. The fourth-order valence-electron chi connectivity index (χ4n) is 4.91. The zero-order chi connectivity index (χ0) is 17.5. The van der Waals surface area contributed by atoms with Crippen molar-refractivity contribution in [2.45, 2.75) is 76.1 Å². The van der Waals surface area contributed by atoms with Crippen molar-refractivity contribution in [2.75, 3.05) is 13.1 Å². The summed E-state index contributed by atoms with van der Waals surface area (Å²) < 4.78 is 13.1. The number of hydrogen-bond acceptors (Lipinski definition) is 3. The summed E-state index contributed by atoms with van der Waals surface area (Å²) in [6.07, 6.45) is 2.75. The highest BCUT2D eigenvalue weighted by molar-refractivity contribution is 5.22. The molecule has 0 saturated carbocycles. The van der Waals surface area contributed by atoms with Gasteiger partial charge in [-0.15, -0.1) is 0 Å². The van der Waals surface area contributed by atoms with E-state index >= 15 is 0 Å². The Morgan fingerprint density at radius 3 is 2.21 bits per heavy atom. The Morgan fingerprint density at radius 1 is 1.08 bits per heavy atom. The monoisotopic (exact) mass is 334 g/mol. The van der Waals surface area contributed by atoms with Gasteiger partial charge < -0.3 is 10.4 Å². The second-order valence-corrected chi connectivity index (χ2v) is 8.96. The molecule has 0 bridgehead atoms. The minimum absolute atomic E-state index is 0.115. The highest BCUT2D eigenvalue weighted by Crippen LogP contribution is 2.35. The van der Waals surface area contributed by atoms with Gasteiger partial charge in [-0.3, -0.25) is 4.90 Å². The summed E-state index contributed by atoms with van der Waals surface area (Å²) in [6, 6.07) is 7.11. The largest absolute Gasteiger partial charge is 0.391 e. The lowest BCUT2D eigenvalue weighted by molar-refractivity contribution is -0.00394. The summed E-state index contributed by atoms with van der Waals surface area (Å²) in [4.78, 5) is 2.47. The van der Waals surface area contributed by atoms with Gasteiger partial charge in [-0.2, -0.15) is 0 Å². The molecule has 1 aromatic rings. The summed E-state index contributed by atoms with van der Waals surface area (Å²) in [5.41, 5.74) is 1.28. The van der Waals surface area contributed by atoms with E-state index in [1.807, 2.05) is 12.1 Å². The lowest BCUT2D eigenvalue weighted by Crippen LogP contribution is -2.63. The van der Waals surface area contributed by atoms with E-state index in [1.165, 1.54) is 12.1 Å². The van der Waals surface area contributed by atoms with Gasteiger partial charge in [0, 0.05) is 29.6 Å². The number of hydrogen-bond donors (Lipinski definition) is 2. The molecule has 2 N–H and O–H groups in total.